The summed E-state index contributed by atoms with van der Waals surface area (Å²) >= 11 is 1.58. The fraction of sp³-hybridized carbons (Fsp3) is 0.421. The third-order valence-electron chi connectivity index (χ3n) is 4.83. The molecule has 3 N–H and O–H groups in total. The third-order valence-corrected chi connectivity index (χ3v) is 5.77. The molecule has 26 heavy (non-hydrogen) atoms. The Morgan fingerprint density at radius 1 is 1.38 bits per heavy atom. The Kier molecular flexibility index (Phi) is 7.17. The van der Waals surface area contributed by atoms with Crippen LogP contribution in [0.1, 0.15) is 29.8 Å². The lowest BCUT2D eigenvalue weighted by atomic mass is 9.90. The molecule has 0 bridgehead atoms. The summed E-state index contributed by atoms with van der Waals surface area (Å²) in [5.74, 6) is -0.304. The van der Waals surface area contributed by atoms with Gasteiger partial charge in [0.05, 0.1) is 12.6 Å². The summed E-state index contributed by atoms with van der Waals surface area (Å²) in [5.41, 5.74) is 6.82. The van der Waals surface area contributed by atoms with Gasteiger partial charge >= 0.3 is 0 Å². The van der Waals surface area contributed by atoms with Crippen LogP contribution >= 0.6 is 23.7 Å². The minimum atomic E-state index is -0.279. The SMILES string of the molecule is CC1(CN)CCN(CC(=O)NC(c2ccc(F)cc2)c2cccs2)C1.Cl. The second-order valence-electron chi connectivity index (χ2n) is 7.04. The van der Waals surface area contributed by atoms with E-state index in [9.17, 15) is 9.18 Å². The van der Waals surface area contributed by atoms with Crippen LogP contribution in [0.15, 0.2) is 41.8 Å². The van der Waals surface area contributed by atoms with Crippen molar-refractivity contribution in [1.29, 1.82) is 0 Å². The van der Waals surface area contributed by atoms with Gasteiger partial charge in [-0.15, -0.1) is 23.7 Å². The van der Waals surface area contributed by atoms with Crippen molar-refractivity contribution in [2.45, 2.75) is 19.4 Å². The number of halogens is 2. The van der Waals surface area contributed by atoms with E-state index in [0.717, 1.165) is 30.0 Å². The molecule has 1 amide bonds. The van der Waals surface area contributed by atoms with Crippen molar-refractivity contribution in [2.75, 3.05) is 26.2 Å². The zero-order valence-corrected chi connectivity index (χ0v) is 16.4. The van der Waals surface area contributed by atoms with Gasteiger partial charge in [0, 0.05) is 11.4 Å². The van der Waals surface area contributed by atoms with Crippen LogP contribution in [-0.2, 0) is 4.79 Å². The summed E-state index contributed by atoms with van der Waals surface area (Å²) in [4.78, 5) is 15.8. The molecule has 1 aromatic carbocycles. The number of benzene rings is 1. The summed E-state index contributed by atoms with van der Waals surface area (Å²) in [5, 5.41) is 5.08. The summed E-state index contributed by atoms with van der Waals surface area (Å²) in [6.07, 6.45) is 1.02. The van der Waals surface area contributed by atoms with Crippen LogP contribution in [-0.4, -0.2) is 37.0 Å². The summed E-state index contributed by atoms with van der Waals surface area (Å²) in [7, 11) is 0. The lowest BCUT2D eigenvalue weighted by molar-refractivity contribution is -0.122. The number of rotatable bonds is 6. The van der Waals surface area contributed by atoms with E-state index in [1.54, 1.807) is 23.5 Å². The van der Waals surface area contributed by atoms with Crippen LogP contribution in [0.3, 0.4) is 0 Å². The lowest BCUT2D eigenvalue weighted by Gasteiger charge is -2.23. The molecule has 1 aliphatic heterocycles. The molecule has 1 aliphatic rings. The number of thiophene rings is 1. The molecule has 2 unspecified atom stereocenters. The van der Waals surface area contributed by atoms with Crippen LogP contribution in [0, 0.1) is 11.2 Å². The normalized spacial score (nSPS) is 21.2. The van der Waals surface area contributed by atoms with Crippen LogP contribution < -0.4 is 11.1 Å². The summed E-state index contributed by atoms with van der Waals surface area (Å²) < 4.78 is 13.2. The molecule has 0 saturated carbocycles. The maximum absolute atomic E-state index is 13.2. The van der Waals surface area contributed by atoms with E-state index in [1.165, 1.54) is 12.1 Å². The maximum Gasteiger partial charge on any atom is 0.234 e. The van der Waals surface area contributed by atoms with Gasteiger partial charge in [0.15, 0.2) is 0 Å². The molecule has 4 nitrogen and oxygen atoms in total. The van der Waals surface area contributed by atoms with E-state index in [-0.39, 0.29) is 35.6 Å². The molecular weight excluding hydrogens is 373 g/mol. The molecule has 1 aromatic heterocycles. The molecule has 2 aromatic rings. The second-order valence-corrected chi connectivity index (χ2v) is 8.02. The van der Waals surface area contributed by atoms with Crippen molar-refractivity contribution in [2.24, 2.45) is 11.1 Å². The molecule has 1 saturated heterocycles. The minimum absolute atomic E-state index is 0. The van der Waals surface area contributed by atoms with Gasteiger partial charge < -0.3 is 11.1 Å². The molecule has 7 heteroatoms. The molecule has 2 heterocycles. The Bertz CT molecular complexity index is 710. The second kappa shape index (κ2) is 8.95. The molecule has 1 fully saturated rings. The smallest absolute Gasteiger partial charge is 0.234 e. The van der Waals surface area contributed by atoms with Crippen LogP contribution in [0.2, 0.25) is 0 Å². The quantitative estimate of drug-likeness (QED) is 0.787. The van der Waals surface area contributed by atoms with Crippen molar-refractivity contribution >= 4 is 29.7 Å². The Balaban J connectivity index is 0.00000243. The first-order valence-electron chi connectivity index (χ1n) is 8.50. The van der Waals surface area contributed by atoms with Crippen molar-refractivity contribution < 1.29 is 9.18 Å². The van der Waals surface area contributed by atoms with E-state index in [1.807, 2.05) is 17.5 Å². The van der Waals surface area contributed by atoms with Crippen LogP contribution in [0.25, 0.3) is 0 Å². The fourth-order valence-corrected chi connectivity index (χ4v) is 4.07. The van der Waals surface area contributed by atoms with E-state index in [0.29, 0.717) is 13.1 Å². The predicted molar refractivity (Wildman–Crippen MR) is 106 cm³/mol. The molecule has 0 aliphatic carbocycles. The highest BCUT2D eigenvalue weighted by Gasteiger charge is 2.33. The average Bonchev–Trinajstić information content (AvgIpc) is 3.24. The number of nitrogens with two attached hydrogens (primary N) is 1. The van der Waals surface area contributed by atoms with Crippen molar-refractivity contribution in [3.05, 3.63) is 58.0 Å². The molecule has 142 valence electrons. The van der Waals surface area contributed by atoms with E-state index in [2.05, 4.69) is 17.1 Å². The van der Waals surface area contributed by atoms with Gasteiger partial charge in [0.2, 0.25) is 5.91 Å². The monoisotopic (exact) mass is 397 g/mol. The summed E-state index contributed by atoms with van der Waals surface area (Å²) in [6, 6.07) is 9.99. The van der Waals surface area contributed by atoms with Crippen molar-refractivity contribution in [1.82, 2.24) is 10.2 Å². The number of amides is 1. The van der Waals surface area contributed by atoms with Crippen molar-refractivity contribution in [3.8, 4) is 0 Å². The Labute approximate surface area is 164 Å². The highest BCUT2D eigenvalue weighted by Crippen LogP contribution is 2.29. The largest absolute Gasteiger partial charge is 0.343 e. The van der Waals surface area contributed by atoms with E-state index < -0.39 is 0 Å². The van der Waals surface area contributed by atoms with Gasteiger partial charge in [-0.25, -0.2) is 4.39 Å². The standard InChI is InChI=1S/C19H24FN3OS.ClH/c1-19(12-21)8-9-23(13-19)11-17(24)22-18(16-3-2-10-25-16)14-4-6-15(20)7-5-14;/h2-7,10,18H,8-9,11-13,21H2,1H3,(H,22,24);1H. The molecule has 0 spiro atoms. The number of carbonyl (C=O) groups excluding carboxylic acids is 1. The fourth-order valence-electron chi connectivity index (χ4n) is 3.27. The highest BCUT2D eigenvalue weighted by molar-refractivity contribution is 7.10. The lowest BCUT2D eigenvalue weighted by Crippen LogP contribution is -2.39. The van der Waals surface area contributed by atoms with E-state index in [4.69, 9.17) is 5.73 Å². The molecule has 2 atom stereocenters. The molecular formula is C19H25ClFN3OS. The number of nitrogens with one attached hydrogen (secondary N) is 1. The Morgan fingerprint density at radius 2 is 2.12 bits per heavy atom. The van der Waals surface area contributed by atoms with Gasteiger partial charge in [0.25, 0.3) is 0 Å². The predicted octanol–water partition coefficient (Wildman–Crippen LogP) is 3.19. The number of likely N-dealkylation sites (tertiary alicyclic amines) is 1. The number of hydrogen-bond donors (Lipinski definition) is 2. The first-order chi connectivity index (χ1) is 12.0. The van der Waals surface area contributed by atoms with Gasteiger partial charge in [-0.05, 0) is 54.1 Å². The number of carbonyl (C=O) groups is 1. The van der Waals surface area contributed by atoms with Crippen molar-refractivity contribution in [3.63, 3.8) is 0 Å². The van der Waals surface area contributed by atoms with Gasteiger partial charge in [-0.2, -0.15) is 0 Å². The van der Waals surface area contributed by atoms with Gasteiger partial charge in [-0.1, -0.05) is 25.1 Å². The highest BCUT2D eigenvalue weighted by atomic mass is 35.5. The summed E-state index contributed by atoms with van der Waals surface area (Å²) in [6.45, 7) is 4.90. The van der Waals surface area contributed by atoms with Gasteiger partial charge in [-0.3, -0.25) is 9.69 Å². The zero-order chi connectivity index (χ0) is 17.9. The number of nitrogens with zero attached hydrogens (tertiary/aromatic N) is 1. The molecule has 3 rings (SSSR count). The first kappa shape index (κ1) is 20.8. The minimum Gasteiger partial charge on any atom is -0.343 e. The van der Waals surface area contributed by atoms with E-state index >= 15 is 0 Å². The maximum atomic E-state index is 13.2. The van der Waals surface area contributed by atoms with Crippen LogP contribution in [0.5, 0.6) is 0 Å². The zero-order valence-electron chi connectivity index (χ0n) is 14.8. The van der Waals surface area contributed by atoms with Gasteiger partial charge in [0.1, 0.15) is 5.82 Å². The Morgan fingerprint density at radius 3 is 2.69 bits per heavy atom. The third kappa shape index (κ3) is 5.04. The first-order valence-corrected chi connectivity index (χ1v) is 9.38. The number of hydrogen-bond acceptors (Lipinski definition) is 4. The topological polar surface area (TPSA) is 58.4 Å². The average molecular weight is 398 g/mol. The van der Waals surface area contributed by atoms with Crippen LogP contribution in [0.4, 0.5) is 4.39 Å². The molecule has 0 radical (unpaired) electrons. The Hall–Kier alpha value is -1.47.